The molecule has 1 atom stereocenters. The summed E-state index contributed by atoms with van der Waals surface area (Å²) in [6.45, 7) is 1.94. The van der Waals surface area contributed by atoms with Gasteiger partial charge in [0.25, 0.3) is 0 Å². The summed E-state index contributed by atoms with van der Waals surface area (Å²) >= 11 is 0. The zero-order chi connectivity index (χ0) is 8.74. The number of aliphatic hydroxyl groups excluding tert-OH is 1. The molecule has 4 nitrogen and oxygen atoms in total. The molecule has 0 aromatic heterocycles. The van der Waals surface area contributed by atoms with Gasteiger partial charge in [-0.05, 0) is 12.8 Å². The van der Waals surface area contributed by atoms with Crippen LogP contribution in [0, 0.1) is 0 Å². The zero-order valence-electron chi connectivity index (χ0n) is 6.95. The molecule has 0 amide bonds. The number of hydrogen-bond donors (Lipinski definition) is 1. The maximum absolute atomic E-state index is 11.0. The normalized spacial score (nSPS) is 16.3. The van der Waals surface area contributed by atoms with E-state index >= 15 is 0 Å². The molecule has 5 heteroatoms. The standard InChI is InChI=1S/C6H15O4P/c1-9-11(2,8)10-6-4-3-5-7/h7H,3-6H2,1-2H3. The fourth-order valence-electron chi connectivity index (χ4n) is 0.497. The summed E-state index contributed by atoms with van der Waals surface area (Å²) in [5, 5.41) is 8.40. The van der Waals surface area contributed by atoms with Crippen LogP contribution in [0.3, 0.4) is 0 Å². The molecule has 0 spiro atoms. The minimum Gasteiger partial charge on any atom is -0.396 e. The van der Waals surface area contributed by atoms with Crippen molar-refractivity contribution in [1.29, 1.82) is 0 Å². The first-order valence-corrected chi connectivity index (χ1v) is 5.50. The van der Waals surface area contributed by atoms with Crippen molar-refractivity contribution in [3.05, 3.63) is 0 Å². The van der Waals surface area contributed by atoms with Gasteiger partial charge in [-0.1, -0.05) is 0 Å². The molecule has 0 heterocycles. The Hall–Kier alpha value is 0.110. The van der Waals surface area contributed by atoms with Crippen molar-refractivity contribution >= 4 is 7.60 Å². The molecule has 11 heavy (non-hydrogen) atoms. The summed E-state index contributed by atoms with van der Waals surface area (Å²) in [6.07, 6.45) is 1.38. The molecule has 68 valence electrons. The fourth-order valence-corrected chi connectivity index (χ4v) is 1.06. The average Bonchev–Trinajstić information content (AvgIpc) is 1.99. The van der Waals surface area contributed by atoms with Gasteiger partial charge in [-0.2, -0.15) is 0 Å². The van der Waals surface area contributed by atoms with E-state index in [0.29, 0.717) is 19.4 Å². The molecular weight excluding hydrogens is 167 g/mol. The Morgan fingerprint density at radius 3 is 2.55 bits per heavy atom. The molecular formula is C6H15O4P. The molecule has 0 aromatic carbocycles. The van der Waals surface area contributed by atoms with Crippen molar-refractivity contribution in [2.75, 3.05) is 27.0 Å². The Labute approximate surface area is 67.0 Å². The van der Waals surface area contributed by atoms with Gasteiger partial charge < -0.3 is 14.2 Å². The monoisotopic (exact) mass is 182 g/mol. The molecule has 1 N–H and O–H groups in total. The largest absolute Gasteiger partial charge is 0.396 e. The van der Waals surface area contributed by atoms with Gasteiger partial charge >= 0.3 is 7.60 Å². The van der Waals surface area contributed by atoms with Crippen molar-refractivity contribution in [2.24, 2.45) is 0 Å². The van der Waals surface area contributed by atoms with Crippen LogP contribution in [0.2, 0.25) is 0 Å². The van der Waals surface area contributed by atoms with Crippen LogP contribution >= 0.6 is 7.60 Å². The topological polar surface area (TPSA) is 55.8 Å². The Balaban J connectivity index is 3.31. The smallest absolute Gasteiger partial charge is 0.327 e. The summed E-state index contributed by atoms with van der Waals surface area (Å²) in [6, 6.07) is 0. The van der Waals surface area contributed by atoms with Crippen LogP contribution in [0.4, 0.5) is 0 Å². The molecule has 0 aliphatic heterocycles. The molecule has 0 bridgehead atoms. The van der Waals surface area contributed by atoms with Crippen molar-refractivity contribution in [2.45, 2.75) is 12.8 Å². The van der Waals surface area contributed by atoms with Gasteiger partial charge in [-0.3, -0.25) is 4.57 Å². The predicted molar refractivity (Wildman–Crippen MR) is 42.8 cm³/mol. The first kappa shape index (κ1) is 11.1. The molecule has 1 unspecified atom stereocenters. The lowest BCUT2D eigenvalue weighted by Crippen LogP contribution is -1.95. The van der Waals surface area contributed by atoms with E-state index in [1.165, 1.54) is 13.8 Å². The van der Waals surface area contributed by atoms with Crippen LogP contribution in [0.15, 0.2) is 0 Å². The molecule has 0 aromatic rings. The van der Waals surface area contributed by atoms with Gasteiger partial charge in [-0.15, -0.1) is 0 Å². The van der Waals surface area contributed by atoms with Gasteiger partial charge in [-0.25, -0.2) is 0 Å². The third kappa shape index (κ3) is 6.51. The molecule has 0 saturated heterocycles. The first-order chi connectivity index (χ1) is 5.12. The number of hydrogen-bond acceptors (Lipinski definition) is 4. The summed E-state index contributed by atoms with van der Waals surface area (Å²) in [7, 11) is -1.44. The Kier molecular flexibility index (Phi) is 5.78. The summed E-state index contributed by atoms with van der Waals surface area (Å²) < 4.78 is 20.5. The summed E-state index contributed by atoms with van der Waals surface area (Å²) in [4.78, 5) is 0. The van der Waals surface area contributed by atoms with E-state index in [1.807, 2.05) is 0 Å². The molecule has 0 fully saturated rings. The molecule has 0 saturated carbocycles. The molecule has 0 aliphatic carbocycles. The zero-order valence-corrected chi connectivity index (χ0v) is 7.84. The van der Waals surface area contributed by atoms with Gasteiger partial charge in [0.2, 0.25) is 0 Å². The number of unbranched alkanes of at least 4 members (excludes halogenated alkanes) is 1. The van der Waals surface area contributed by atoms with E-state index < -0.39 is 7.60 Å². The number of rotatable bonds is 6. The van der Waals surface area contributed by atoms with Crippen LogP contribution in [0.25, 0.3) is 0 Å². The maximum Gasteiger partial charge on any atom is 0.327 e. The van der Waals surface area contributed by atoms with E-state index in [2.05, 4.69) is 4.52 Å². The predicted octanol–water partition coefficient (Wildman–Crippen LogP) is 1.24. The highest BCUT2D eigenvalue weighted by Gasteiger charge is 2.12. The van der Waals surface area contributed by atoms with Crippen molar-refractivity contribution in [1.82, 2.24) is 0 Å². The van der Waals surface area contributed by atoms with E-state index in [9.17, 15) is 4.57 Å². The maximum atomic E-state index is 11.0. The highest BCUT2D eigenvalue weighted by Crippen LogP contribution is 2.42. The van der Waals surface area contributed by atoms with Crippen LogP contribution in [0.1, 0.15) is 12.8 Å². The Morgan fingerprint density at radius 2 is 2.09 bits per heavy atom. The van der Waals surface area contributed by atoms with Crippen LogP contribution in [-0.4, -0.2) is 32.1 Å². The lowest BCUT2D eigenvalue weighted by atomic mass is 10.3. The first-order valence-electron chi connectivity index (χ1n) is 3.51. The number of aliphatic hydroxyl groups is 1. The van der Waals surface area contributed by atoms with Crippen molar-refractivity contribution < 1.29 is 18.7 Å². The van der Waals surface area contributed by atoms with E-state index in [0.717, 1.165) is 0 Å². The highest BCUT2D eigenvalue weighted by atomic mass is 31.2. The molecule has 0 radical (unpaired) electrons. The van der Waals surface area contributed by atoms with Crippen LogP contribution in [0.5, 0.6) is 0 Å². The fraction of sp³-hybridized carbons (Fsp3) is 1.00. The highest BCUT2D eigenvalue weighted by molar-refractivity contribution is 7.52. The van der Waals surface area contributed by atoms with Crippen molar-refractivity contribution in [3.8, 4) is 0 Å². The SMILES string of the molecule is COP(C)(=O)OCCCCO. The van der Waals surface area contributed by atoms with Gasteiger partial charge in [0.1, 0.15) is 0 Å². The quantitative estimate of drug-likeness (QED) is 0.496. The van der Waals surface area contributed by atoms with E-state index in [-0.39, 0.29) is 6.61 Å². The minimum absolute atomic E-state index is 0.143. The van der Waals surface area contributed by atoms with Gasteiger partial charge in [0, 0.05) is 20.4 Å². The van der Waals surface area contributed by atoms with E-state index in [1.54, 1.807) is 0 Å². The second kappa shape index (κ2) is 5.72. The lowest BCUT2D eigenvalue weighted by molar-refractivity contribution is 0.219. The lowest BCUT2D eigenvalue weighted by Gasteiger charge is -2.09. The average molecular weight is 182 g/mol. The van der Waals surface area contributed by atoms with E-state index in [4.69, 9.17) is 9.63 Å². The second-order valence-electron chi connectivity index (χ2n) is 2.22. The summed E-state index contributed by atoms with van der Waals surface area (Å²) in [5.74, 6) is 0. The van der Waals surface area contributed by atoms with Crippen molar-refractivity contribution in [3.63, 3.8) is 0 Å². The Bertz CT molecular complexity index is 137. The minimum atomic E-state index is -2.80. The third-order valence-corrected chi connectivity index (χ3v) is 2.52. The molecule has 0 aliphatic rings. The van der Waals surface area contributed by atoms with Crippen LogP contribution in [-0.2, 0) is 13.6 Å². The van der Waals surface area contributed by atoms with Gasteiger partial charge in [0.15, 0.2) is 0 Å². The Morgan fingerprint density at radius 1 is 1.45 bits per heavy atom. The van der Waals surface area contributed by atoms with Gasteiger partial charge in [0.05, 0.1) is 6.61 Å². The van der Waals surface area contributed by atoms with Crippen LogP contribution < -0.4 is 0 Å². The summed E-state index contributed by atoms with van der Waals surface area (Å²) in [5.41, 5.74) is 0. The molecule has 0 rings (SSSR count). The second-order valence-corrected chi connectivity index (χ2v) is 4.38. The third-order valence-electron chi connectivity index (χ3n) is 1.21.